The Kier molecular flexibility index (Phi) is 1.56. The quantitative estimate of drug-likeness (QED) is 0.579. The Morgan fingerprint density at radius 3 is 2.83 bits per heavy atom. The summed E-state index contributed by atoms with van der Waals surface area (Å²) in [4.78, 5) is 10.8. The van der Waals surface area contributed by atoms with Crippen molar-refractivity contribution in [1.82, 2.24) is 4.57 Å². The fourth-order valence-electron chi connectivity index (χ4n) is 2.09. The molecule has 0 amide bonds. The van der Waals surface area contributed by atoms with Crippen molar-refractivity contribution in [2.75, 3.05) is 0 Å². The van der Waals surface area contributed by atoms with Gasteiger partial charge in [0, 0.05) is 23.5 Å². The van der Waals surface area contributed by atoms with E-state index in [2.05, 4.69) is 11.5 Å². The Hall–Kier alpha value is -1.05. The van der Waals surface area contributed by atoms with Crippen molar-refractivity contribution in [3.63, 3.8) is 0 Å². The number of aldehydes is 1. The van der Waals surface area contributed by atoms with Crippen LogP contribution < -0.4 is 0 Å². The Morgan fingerprint density at radius 2 is 2.17 bits per heavy atom. The number of hydrogen-bond acceptors (Lipinski definition) is 1. The summed E-state index contributed by atoms with van der Waals surface area (Å²) in [6, 6.07) is 0. The van der Waals surface area contributed by atoms with E-state index >= 15 is 0 Å². The van der Waals surface area contributed by atoms with Crippen LogP contribution >= 0.6 is 0 Å². The Labute approximate surface area is 72.2 Å². The summed E-state index contributed by atoms with van der Waals surface area (Å²) in [5, 5.41) is 0. The maximum atomic E-state index is 10.8. The molecule has 0 bridgehead atoms. The fourth-order valence-corrected chi connectivity index (χ4v) is 2.09. The van der Waals surface area contributed by atoms with Gasteiger partial charge in [-0.3, -0.25) is 4.79 Å². The van der Waals surface area contributed by atoms with Crippen LogP contribution in [0.3, 0.4) is 0 Å². The largest absolute Gasteiger partial charge is 0.348 e. The predicted molar refractivity (Wildman–Crippen MR) is 47.6 cm³/mol. The Balaban J connectivity index is 2.69. The second-order valence-electron chi connectivity index (χ2n) is 3.44. The molecule has 2 nitrogen and oxygen atoms in total. The highest BCUT2D eigenvalue weighted by atomic mass is 16.1. The molecule has 2 heteroatoms. The molecule has 12 heavy (non-hydrogen) atoms. The molecule has 0 saturated heterocycles. The first-order valence-electron chi connectivity index (χ1n) is 4.39. The lowest BCUT2D eigenvalue weighted by atomic mass is 10.1. The van der Waals surface area contributed by atoms with Crippen LogP contribution in [0.25, 0.3) is 0 Å². The van der Waals surface area contributed by atoms with E-state index in [0.29, 0.717) is 0 Å². The van der Waals surface area contributed by atoms with Gasteiger partial charge >= 0.3 is 0 Å². The standard InChI is InChI=1S/C10H13NO/c1-7-8(2)11-5-3-4-10(11)9(7)6-12/h6H,3-5H2,1-2H3. The minimum Gasteiger partial charge on any atom is -0.348 e. The molecule has 0 fully saturated rings. The summed E-state index contributed by atoms with van der Waals surface area (Å²) in [5.41, 5.74) is 4.62. The topological polar surface area (TPSA) is 22.0 Å². The van der Waals surface area contributed by atoms with E-state index in [0.717, 1.165) is 24.8 Å². The monoisotopic (exact) mass is 163 g/mol. The second kappa shape index (κ2) is 2.47. The smallest absolute Gasteiger partial charge is 0.152 e. The molecule has 0 spiro atoms. The van der Waals surface area contributed by atoms with E-state index in [1.165, 1.54) is 23.4 Å². The van der Waals surface area contributed by atoms with Crippen LogP contribution in [0.4, 0.5) is 0 Å². The third kappa shape index (κ3) is 0.779. The van der Waals surface area contributed by atoms with Gasteiger partial charge in [-0.25, -0.2) is 0 Å². The lowest BCUT2D eigenvalue weighted by Gasteiger charge is -1.99. The summed E-state index contributed by atoms with van der Waals surface area (Å²) in [6.07, 6.45) is 3.26. The number of rotatable bonds is 1. The molecule has 1 aromatic heterocycles. The molecule has 2 rings (SSSR count). The third-order valence-electron chi connectivity index (χ3n) is 2.90. The van der Waals surface area contributed by atoms with Crippen molar-refractivity contribution in [3.05, 3.63) is 22.5 Å². The molecule has 0 atom stereocenters. The van der Waals surface area contributed by atoms with Crippen molar-refractivity contribution in [2.45, 2.75) is 33.2 Å². The number of hydrogen-bond donors (Lipinski definition) is 0. The van der Waals surface area contributed by atoms with E-state index in [1.54, 1.807) is 0 Å². The van der Waals surface area contributed by atoms with Crippen LogP contribution in [0.2, 0.25) is 0 Å². The normalized spacial score (nSPS) is 14.8. The summed E-state index contributed by atoms with van der Waals surface area (Å²) in [5.74, 6) is 0. The Morgan fingerprint density at radius 1 is 1.42 bits per heavy atom. The van der Waals surface area contributed by atoms with Crippen LogP contribution in [-0.2, 0) is 13.0 Å². The first-order chi connectivity index (χ1) is 5.75. The SMILES string of the molecule is Cc1c(C=O)c2n(c1C)CCC2. The van der Waals surface area contributed by atoms with Gasteiger partial charge in [-0.1, -0.05) is 0 Å². The maximum Gasteiger partial charge on any atom is 0.152 e. The van der Waals surface area contributed by atoms with Gasteiger partial charge in [-0.15, -0.1) is 0 Å². The molecule has 2 heterocycles. The van der Waals surface area contributed by atoms with Crippen molar-refractivity contribution in [1.29, 1.82) is 0 Å². The summed E-state index contributed by atoms with van der Waals surface area (Å²) in [6.45, 7) is 5.22. The van der Waals surface area contributed by atoms with Gasteiger partial charge in [-0.2, -0.15) is 0 Å². The van der Waals surface area contributed by atoms with Gasteiger partial charge in [-0.05, 0) is 32.3 Å². The lowest BCUT2D eigenvalue weighted by molar-refractivity contribution is 0.112. The molecular weight excluding hydrogens is 150 g/mol. The van der Waals surface area contributed by atoms with E-state index in [-0.39, 0.29) is 0 Å². The molecule has 0 saturated carbocycles. The van der Waals surface area contributed by atoms with Crippen LogP contribution in [0.15, 0.2) is 0 Å². The number of nitrogens with zero attached hydrogens (tertiary/aromatic N) is 1. The van der Waals surface area contributed by atoms with E-state index in [9.17, 15) is 4.79 Å². The van der Waals surface area contributed by atoms with Crippen LogP contribution in [0.1, 0.15) is 33.7 Å². The molecule has 1 aromatic rings. The molecule has 0 N–H and O–H groups in total. The van der Waals surface area contributed by atoms with Crippen LogP contribution in [-0.4, -0.2) is 10.9 Å². The highest BCUT2D eigenvalue weighted by Crippen LogP contribution is 2.26. The number of carbonyl (C=O) groups excluding carboxylic acids is 1. The summed E-state index contributed by atoms with van der Waals surface area (Å²) in [7, 11) is 0. The lowest BCUT2D eigenvalue weighted by Crippen LogP contribution is -1.94. The minimum atomic E-state index is 0.935. The van der Waals surface area contributed by atoms with Crippen LogP contribution in [0.5, 0.6) is 0 Å². The maximum absolute atomic E-state index is 10.8. The van der Waals surface area contributed by atoms with Crippen molar-refractivity contribution in [2.24, 2.45) is 0 Å². The minimum absolute atomic E-state index is 0.935. The zero-order valence-electron chi connectivity index (χ0n) is 7.55. The summed E-state index contributed by atoms with van der Waals surface area (Å²) < 4.78 is 2.28. The fraction of sp³-hybridized carbons (Fsp3) is 0.500. The van der Waals surface area contributed by atoms with Crippen molar-refractivity contribution in [3.8, 4) is 0 Å². The van der Waals surface area contributed by atoms with Crippen molar-refractivity contribution < 1.29 is 4.79 Å². The van der Waals surface area contributed by atoms with Gasteiger partial charge < -0.3 is 4.57 Å². The van der Waals surface area contributed by atoms with Crippen molar-refractivity contribution >= 4 is 6.29 Å². The summed E-state index contributed by atoms with van der Waals surface area (Å²) >= 11 is 0. The first-order valence-corrected chi connectivity index (χ1v) is 4.39. The predicted octanol–water partition coefficient (Wildman–Crippen LogP) is 1.86. The van der Waals surface area contributed by atoms with E-state index < -0.39 is 0 Å². The first kappa shape index (κ1) is 7.59. The van der Waals surface area contributed by atoms with Crippen LogP contribution in [0, 0.1) is 13.8 Å². The molecular formula is C10H13NO. The average molecular weight is 163 g/mol. The zero-order chi connectivity index (χ0) is 8.72. The number of fused-ring (bicyclic) bond motifs is 1. The highest BCUT2D eigenvalue weighted by Gasteiger charge is 2.20. The molecule has 1 aliphatic rings. The third-order valence-corrected chi connectivity index (χ3v) is 2.90. The average Bonchev–Trinajstić information content (AvgIpc) is 2.59. The molecule has 64 valence electrons. The number of carbonyl (C=O) groups is 1. The van der Waals surface area contributed by atoms with E-state index in [4.69, 9.17) is 0 Å². The van der Waals surface area contributed by atoms with Gasteiger partial charge in [0.15, 0.2) is 6.29 Å². The van der Waals surface area contributed by atoms with E-state index in [1.807, 2.05) is 6.92 Å². The molecule has 0 aliphatic carbocycles. The van der Waals surface area contributed by atoms with Gasteiger partial charge in [0.2, 0.25) is 0 Å². The zero-order valence-corrected chi connectivity index (χ0v) is 7.55. The van der Waals surface area contributed by atoms with Gasteiger partial charge in [0.1, 0.15) is 0 Å². The second-order valence-corrected chi connectivity index (χ2v) is 3.44. The molecule has 0 unspecified atom stereocenters. The molecule has 0 aromatic carbocycles. The number of aromatic nitrogens is 1. The van der Waals surface area contributed by atoms with Gasteiger partial charge in [0.05, 0.1) is 0 Å². The molecule has 1 aliphatic heterocycles. The Bertz CT molecular complexity index is 336. The molecule has 0 radical (unpaired) electrons. The van der Waals surface area contributed by atoms with Gasteiger partial charge in [0.25, 0.3) is 0 Å². The highest BCUT2D eigenvalue weighted by molar-refractivity contribution is 5.80.